The molecule has 110 valence electrons. The fourth-order valence-corrected chi connectivity index (χ4v) is 3.72. The zero-order chi connectivity index (χ0) is 15.0. The highest BCUT2D eigenvalue weighted by Crippen LogP contribution is 2.31. The smallest absolute Gasteiger partial charge is 0.270 e. The van der Waals surface area contributed by atoms with Crippen LogP contribution >= 0.6 is 11.3 Å². The van der Waals surface area contributed by atoms with Crippen molar-refractivity contribution in [2.24, 2.45) is 0 Å². The molecule has 0 radical (unpaired) electrons. The second kappa shape index (κ2) is 5.46. The maximum absolute atomic E-state index is 10.9. The molecule has 2 heterocycles. The van der Waals surface area contributed by atoms with Crippen molar-refractivity contribution in [3.63, 3.8) is 0 Å². The molecule has 3 rings (SSSR count). The van der Waals surface area contributed by atoms with Gasteiger partial charge in [0.25, 0.3) is 5.69 Å². The predicted molar refractivity (Wildman–Crippen MR) is 81.5 cm³/mol. The van der Waals surface area contributed by atoms with Gasteiger partial charge in [-0.25, -0.2) is 0 Å². The molecule has 1 N–H and O–H groups in total. The van der Waals surface area contributed by atoms with Crippen molar-refractivity contribution in [1.82, 2.24) is 4.90 Å². The van der Waals surface area contributed by atoms with Gasteiger partial charge in [-0.3, -0.25) is 15.0 Å². The number of non-ortho nitro benzene ring substituents is 1. The fraction of sp³-hybridized carbons (Fsp3) is 0.333. The molecule has 0 spiro atoms. The van der Waals surface area contributed by atoms with E-state index in [9.17, 15) is 15.2 Å². The first-order chi connectivity index (χ1) is 10.0. The number of nitro benzene ring substituents is 1. The van der Waals surface area contributed by atoms with E-state index in [4.69, 9.17) is 0 Å². The number of nitrogens with zero attached hydrogens (tertiary/aromatic N) is 2. The quantitative estimate of drug-likeness (QED) is 0.698. The molecule has 0 saturated heterocycles. The van der Waals surface area contributed by atoms with Gasteiger partial charge < -0.3 is 5.11 Å². The first kappa shape index (κ1) is 14.0. The van der Waals surface area contributed by atoms with Gasteiger partial charge in [0.1, 0.15) is 5.75 Å². The van der Waals surface area contributed by atoms with Crippen LogP contribution in [-0.4, -0.2) is 21.0 Å². The Hall–Kier alpha value is -1.92. The zero-order valence-electron chi connectivity index (χ0n) is 11.7. The molecule has 0 bridgehead atoms. The average molecular weight is 304 g/mol. The number of aromatic hydroxyl groups is 1. The van der Waals surface area contributed by atoms with Gasteiger partial charge >= 0.3 is 0 Å². The number of nitro groups is 1. The molecule has 1 atom stereocenters. The molecular weight excluding hydrogens is 288 g/mol. The van der Waals surface area contributed by atoms with Crippen LogP contribution in [0.4, 0.5) is 5.69 Å². The van der Waals surface area contributed by atoms with Crippen LogP contribution in [-0.2, 0) is 19.5 Å². The summed E-state index contributed by atoms with van der Waals surface area (Å²) in [5.74, 6) is 0.115. The summed E-state index contributed by atoms with van der Waals surface area (Å²) in [4.78, 5) is 14.1. The summed E-state index contributed by atoms with van der Waals surface area (Å²) < 4.78 is 0. The summed E-state index contributed by atoms with van der Waals surface area (Å²) in [5, 5.41) is 22.9. The third-order valence-corrected chi connectivity index (χ3v) is 4.95. The Morgan fingerprint density at radius 2 is 2.29 bits per heavy atom. The Kier molecular flexibility index (Phi) is 3.65. The highest BCUT2D eigenvalue weighted by atomic mass is 32.1. The van der Waals surface area contributed by atoms with Crippen LogP contribution in [0.15, 0.2) is 29.6 Å². The van der Waals surface area contributed by atoms with Crippen molar-refractivity contribution in [2.75, 3.05) is 0 Å². The van der Waals surface area contributed by atoms with Gasteiger partial charge in [-0.05, 0) is 36.4 Å². The van der Waals surface area contributed by atoms with Crippen LogP contribution in [0.1, 0.15) is 22.9 Å². The Bertz CT molecular complexity index is 683. The standard InChI is InChI=1S/C15H16N2O3S/c1-10-6-15-11(4-5-21-15)8-16(10)9-12-7-13(17(19)20)2-3-14(12)18/h2-5,7,10,18H,6,8-9H2,1H3. The van der Waals surface area contributed by atoms with E-state index >= 15 is 0 Å². The van der Waals surface area contributed by atoms with Crippen molar-refractivity contribution in [3.8, 4) is 5.75 Å². The van der Waals surface area contributed by atoms with E-state index < -0.39 is 4.92 Å². The first-order valence-corrected chi connectivity index (χ1v) is 7.68. The van der Waals surface area contributed by atoms with Crippen LogP contribution in [0, 0.1) is 10.1 Å². The third kappa shape index (κ3) is 2.77. The van der Waals surface area contributed by atoms with Gasteiger partial charge in [0.15, 0.2) is 0 Å². The molecule has 0 fully saturated rings. The van der Waals surface area contributed by atoms with Crippen molar-refractivity contribution in [1.29, 1.82) is 0 Å². The van der Waals surface area contributed by atoms with Gasteiger partial charge in [0.2, 0.25) is 0 Å². The number of thiophene rings is 1. The minimum Gasteiger partial charge on any atom is -0.508 e. The molecule has 1 unspecified atom stereocenters. The average Bonchev–Trinajstić information content (AvgIpc) is 2.88. The number of rotatable bonds is 3. The van der Waals surface area contributed by atoms with Gasteiger partial charge in [0, 0.05) is 41.7 Å². The number of hydrogen-bond donors (Lipinski definition) is 1. The lowest BCUT2D eigenvalue weighted by molar-refractivity contribution is -0.385. The van der Waals surface area contributed by atoms with E-state index in [-0.39, 0.29) is 11.4 Å². The number of fused-ring (bicyclic) bond motifs is 1. The molecule has 2 aromatic rings. The molecule has 1 aromatic carbocycles. The van der Waals surface area contributed by atoms with E-state index in [1.807, 2.05) is 0 Å². The molecule has 1 aromatic heterocycles. The minimum atomic E-state index is -0.431. The second-order valence-electron chi connectivity index (χ2n) is 5.40. The summed E-state index contributed by atoms with van der Waals surface area (Å²) in [6.45, 7) is 3.49. The highest BCUT2D eigenvalue weighted by molar-refractivity contribution is 7.10. The Labute approximate surface area is 126 Å². The zero-order valence-corrected chi connectivity index (χ0v) is 12.5. The van der Waals surface area contributed by atoms with E-state index in [0.29, 0.717) is 18.2 Å². The Morgan fingerprint density at radius 1 is 1.48 bits per heavy atom. The van der Waals surface area contributed by atoms with Crippen molar-refractivity contribution in [2.45, 2.75) is 32.5 Å². The molecule has 0 saturated carbocycles. The summed E-state index contributed by atoms with van der Waals surface area (Å²) in [6, 6.07) is 6.68. The first-order valence-electron chi connectivity index (χ1n) is 6.80. The van der Waals surface area contributed by atoms with Crippen molar-refractivity contribution in [3.05, 3.63) is 55.8 Å². The summed E-state index contributed by atoms with van der Waals surface area (Å²) in [7, 11) is 0. The van der Waals surface area contributed by atoms with Crippen LogP contribution in [0.3, 0.4) is 0 Å². The largest absolute Gasteiger partial charge is 0.508 e. The maximum atomic E-state index is 10.9. The topological polar surface area (TPSA) is 66.6 Å². The van der Waals surface area contributed by atoms with Gasteiger partial charge in [-0.15, -0.1) is 11.3 Å². The second-order valence-corrected chi connectivity index (χ2v) is 6.40. The molecular formula is C15H16N2O3S. The number of phenols is 1. The lowest BCUT2D eigenvalue weighted by Gasteiger charge is -2.33. The van der Waals surface area contributed by atoms with Gasteiger partial charge in [0.05, 0.1) is 4.92 Å². The maximum Gasteiger partial charge on any atom is 0.270 e. The lowest BCUT2D eigenvalue weighted by Crippen LogP contribution is -2.37. The Morgan fingerprint density at radius 3 is 3.05 bits per heavy atom. The van der Waals surface area contributed by atoms with Crippen LogP contribution in [0.5, 0.6) is 5.75 Å². The normalized spacial score (nSPS) is 18.4. The molecule has 1 aliphatic heterocycles. The van der Waals surface area contributed by atoms with Crippen molar-refractivity contribution >= 4 is 17.0 Å². The number of benzene rings is 1. The van der Waals surface area contributed by atoms with Gasteiger partial charge in [-0.2, -0.15) is 0 Å². The lowest BCUT2D eigenvalue weighted by atomic mass is 10.0. The summed E-state index contributed by atoms with van der Waals surface area (Å²) in [5.41, 5.74) is 1.95. The molecule has 0 amide bonds. The Balaban J connectivity index is 1.84. The third-order valence-electron chi connectivity index (χ3n) is 3.96. The van der Waals surface area contributed by atoms with E-state index in [1.54, 1.807) is 11.3 Å². The van der Waals surface area contributed by atoms with Crippen LogP contribution < -0.4 is 0 Å². The minimum absolute atomic E-state index is 0.0173. The SMILES string of the molecule is CC1Cc2sccc2CN1Cc1cc([N+](=O)[O-])ccc1O. The molecule has 5 nitrogen and oxygen atoms in total. The molecule has 21 heavy (non-hydrogen) atoms. The monoisotopic (exact) mass is 304 g/mol. The molecule has 0 aliphatic carbocycles. The van der Waals surface area contributed by atoms with E-state index in [2.05, 4.69) is 23.3 Å². The van der Waals surface area contributed by atoms with E-state index in [1.165, 1.54) is 28.6 Å². The van der Waals surface area contributed by atoms with Gasteiger partial charge in [-0.1, -0.05) is 0 Å². The van der Waals surface area contributed by atoms with Crippen LogP contribution in [0.25, 0.3) is 0 Å². The fourth-order valence-electron chi connectivity index (χ4n) is 2.70. The number of hydrogen-bond acceptors (Lipinski definition) is 5. The summed E-state index contributed by atoms with van der Waals surface area (Å²) >= 11 is 1.78. The predicted octanol–water partition coefficient (Wildman–Crippen LogP) is 3.31. The van der Waals surface area contributed by atoms with Crippen LogP contribution in [0.2, 0.25) is 0 Å². The summed E-state index contributed by atoms with van der Waals surface area (Å²) in [6.07, 6.45) is 0.989. The highest BCUT2D eigenvalue weighted by Gasteiger charge is 2.25. The molecule has 6 heteroatoms. The van der Waals surface area contributed by atoms with E-state index in [0.717, 1.165) is 13.0 Å². The number of phenolic OH excluding ortho intramolecular Hbond substituents is 1. The molecule has 1 aliphatic rings. The van der Waals surface area contributed by atoms with Crippen molar-refractivity contribution < 1.29 is 10.0 Å².